The van der Waals surface area contributed by atoms with Crippen LogP contribution in [0.5, 0.6) is 0 Å². The Balaban J connectivity index is 1.68. The van der Waals surface area contributed by atoms with E-state index in [9.17, 15) is 0 Å². The summed E-state index contributed by atoms with van der Waals surface area (Å²) in [5, 5.41) is 10.2. The van der Waals surface area contributed by atoms with E-state index in [2.05, 4.69) is 39.8 Å². The minimum atomic E-state index is 0.854. The molecule has 0 radical (unpaired) electrons. The standard InChI is InChI=1S/C12H15N3/c1-2-4-11(5-3-1)6-8-13-10-12-7-9-14-15-12/h1-5,7,9,13H,6,8,10H2,(H,14,15). The van der Waals surface area contributed by atoms with Crippen LogP contribution in [0.15, 0.2) is 42.6 Å². The van der Waals surface area contributed by atoms with Crippen LogP contribution < -0.4 is 5.32 Å². The van der Waals surface area contributed by atoms with Gasteiger partial charge in [-0.05, 0) is 24.6 Å². The number of aromatic amines is 1. The van der Waals surface area contributed by atoms with E-state index in [0.717, 1.165) is 25.2 Å². The zero-order valence-corrected chi connectivity index (χ0v) is 8.61. The fraction of sp³-hybridized carbons (Fsp3) is 0.250. The summed E-state index contributed by atoms with van der Waals surface area (Å²) in [6.07, 6.45) is 2.84. The van der Waals surface area contributed by atoms with E-state index in [1.165, 1.54) is 5.56 Å². The first-order valence-corrected chi connectivity index (χ1v) is 5.18. The molecular formula is C12H15N3. The van der Waals surface area contributed by atoms with E-state index in [1.54, 1.807) is 6.20 Å². The summed E-state index contributed by atoms with van der Waals surface area (Å²) in [5.41, 5.74) is 2.50. The smallest absolute Gasteiger partial charge is 0.0490 e. The van der Waals surface area contributed by atoms with Crippen LogP contribution in [-0.4, -0.2) is 16.7 Å². The number of benzene rings is 1. The molecular weight excluding hydrogens is 186 g/mol. The molecule has 0 saturated carbocycles. The molecule has 1 heterocycles. The van der Waals surface area contributed by atoms with Gasteiger partial charge >= 0.3 is 0 Å². The Morgan fingerprint density at radius 1 is 1.13 bits per heavy atom. The summed E-state index contributed by atoms with van der Waals surface area (Å²) in [7, 11) is 0. The molecule has 3 heteroatoms. The van der Waals surface area contributed by atoms with Gasteiger partial charge in [0.15, 0.2) is 0 Å². The van der Waals surface area contributed by atoms with Crippen LogP contribution in [0.2, 0.25) is 0 Å². The van der Waals surface area contributed by atoms with Gasteiger partial charge in [0.05, 0.1) is 0 Å². The van der Waals surface area contributed by atoms with Crippen LogP contribution in [0.4, 0.5) is 0 Å². The largest absolute Gasteiger partial charge is 0.311 e. The van der Waals surface area contributed by atoms with Crippen molar-refractivity contribution in [1.29, 1.82) is 0 Å². The van der Waals surface area contributed by atoms with Crippen molar-refractivity contribution in [1.82, 2.24) is 15.5 Å². The van der Waals surface area contributed by atoms with E-state index >= 15 is 0 Å². The highest BCUT2D eigenvalue weighted by Crippen LogP contribution is 1.98. The summed E-state index contributed by atoms with van der Waals surface area (Å²) in [4.78, 5) is 0. The highest BCUT2D eigenvalue weighted by molar-refractivity contribution is 5.14. The molecule has 3 nitrogen and oxygen atoms in total. The van der Waals surface area contributed by atoms with E-state index in [-0.39, 0.29) is 0 Å². The Morgan fingerprint density at radius 3 is 2.73 bits per heavy atom. The SMILES string of the molecule is c1ccc(CCNCc2ccn[nH]2)cc1. The van der Waals surface area contributed by atoms with Crippen molar-refractivity contribution in [2.24, 2.45) is 0 Å². The average molecular weight is 201 g/mol. The molecule has 2 rings (SSSR count). The maximum atomic E-state index is 3.89. The third kappa shape index (κ3) is 3.22. The Labute approximate surface area is 89.5 Å². The minimum Gasteiger partial charge on any atom is -0.311 e. The molecule has 2 aromatic rings. The third-order valence-corrected chi connectivity index (χ3v) is 2.31. The number of nitrogens with one attached hydrogen (secondary N) is 2. The lowest BCUT2D eigenvalue weighted by atomic mass is 10.1. The van der Waals surface area contributed by atoms with Crippen LogP contribution in [-0.2, 0) is 13.0 Å². The van der Waals surface area contributed by atoms with E-state index < -0.39 is 0 Å². The third-order valence-electron chi connectivity index (χ3n) is 2.31. The molecule has 15 heavy (non-hydrogen) atoms. The van der Waals surface area contributed by atoms with Crippen molar-refractivity contribution in [2.45, 2.75) is 13.0 Å². The van der Waals surface area contributed by atoms with E-state index in [4.69, 9.17) is 0 Å². The average Bonchev–Trinajstić information content (AvgIpc) is 2.79. The maximum Gasteiger partial charge on any atom is 0.0490 e. The number of aromatic nitrogens is 2. The Kier molecular flexibility index (Phi) is 3.52. The normalized spacial score (nSPS) is 10.4. The van der Waals surface area contributed by atoms with Crippen LogP contribution in [0.3, 0.4) is 0 Å². The van der Waals surface area contributed by atoms with Gasteiger partial charge in [-0.3, -0.25) is 5.10 Å². The molecule has 1 aromatic heterocycles. The second-order valence-electron chi connectivity index (χ2n) is 3.49. The summed E-state index contributed by atoms with van der Waals surface area (Å²) < 4.78 is 0. The Hall–Kier alpha value is -1.61. The zero-order valence-electron chi connectivity index (χ0n) is 8.61. The summed E-state index contributed by atoms with van der Waals surface area (Å²) >= 11 is 0. The van der Waals surface area contributed by atoms with Gasteiger partial charge < -0.3 is 5.32 Å². The molecule has 0 bridgehead atoms. The highest BCUT2D eigenvalue weighted by Gasteiger charge is 1.93. The topological polar surface area (TPSA) is 40.7 Å². The molecule has 0 aliphatic heterocycles. The number of rotatable bonds is 5. The van der Waals surface area contributed by atoms with E-state index in [1.807, 2.05) is 12.1 Å². The summed E-state index contributed by atoms with van der Waals surface area (Å²) in [6.45, 7) is 1.84. The predicted octanol–water partition coefficient (Wildman–Crippen LogP) is 1.74. The molecule has 78 valence electrons. The van der Waals surface area contributed by atoms with Gasteiger partial charge in [-0.2, -0.15) is 5.10 Å². The summed E-state index contributed by atoms with van der Waals surface area (Å²) in [5.74, 6) is 0. The van der Waals surface area contributed by atoms with Crippen LogP contribution in [0, 0.1) is 0 Å². The lowest BCUT2D eigenvalue weighted by Gasteiger charge is -2.02. The fourth-order valence-electron chi connectivity index (χ4n) is 1.48. The van der Waals surface area contributed by atoms with Gasteiger partial charge in [-0.15, -0.1) is 0 Å². The Morgan fingerprint density at radius 2 is 2.00 bits per heavy atom. The van der Waals surface area contributed by atoms with Crippen molar-refractivity contribution in [3.8, 4) is 0 Å². The van der Waals surface area contributed by atoms with Crippen molar-refractivity contribution in [3.63, 3.8) is 0 Å². The van der Waals surface area contributed by atoms with Gasteiger partial charge in [0.25, 0.3) is 0 Å². The molecule has 0 unspecified atom stereocenters. The lowest BCUT2D eigenvalue weighted by Crippen LogP contribution is -2.16. The van der Waals surface area contributed by atoms with Crippen molar-refractivity contribution in [3.05, 3.63) is 53.9 Å². The molecule has 1 aromatic carbocycles. The maximum absolute atomic E-state index is 3.89. The summed E-state index contributed by atoms with van der Waals surface area (Å²) in [6, 6.07) is 12.5. The molecule has 0 aliphatic carbocycles. The molecule has 0 fully saturated rings. The van der Waals surface area contributed by atoms with Gasteiger partial charge in [0.2, 0.25) is 0 Å². The second kappa shape index (κ2) is 5.32. The van der Waals surface area contributed by atoms with Gasteiger partial charge in [0, 0.05) is 18.4 Å². The molecule has 0 amide bonds. The second-order valence-corrected chi connectivity index (χ2v) is 3.49. The predicted molar refractivity (Wildman–Crippen MR) is 60.4 cm³/mol. The van der Waals surface area contributed by atoms with Gasteiger partial charge in [-0.25, -0.2) is 0 Å². The van der Waals surface area contributed by atoms with Crippen LogP contribution in [0.25, 0.3) is 0 Å². The van der Waals surface area contributed by atoms with Crippen molar-refractivity contribution >= 4 is 0 Å². The van der Waals surface area contributed by atoms with Crippen LogP contribution >= 0.6 is 0 Å². The number of nitrogens with zero attached hydrogens (tertiary/aromatic N) is 1. The first-order chi connectivity index (χ1) is 7.45. The lowest BCUT2D eigenvalue weighted by molar-refractivity contribution is 0.673. The van der Waals surface area contributed by atoms with Gasteiger partial charge in [-0.1, -0.05) is 30.3 Å². The molecule has 0 atom stereocenters. The Bertz CT molecular complexity index is 367. The first-order valence-electron chi connectivity index (χ1n) is 5.18. The molecule has 2 N–H and O–H groups in total. The molecule has 0 aliphatic rings. The molecule has 0 saturated heterocycles. The van der Waals surface area contributed by atoms with Crippen molar-refractivity contribution < 1.29 is 0 Å². The number of H-pyrrole nitrogens is 1. The van der Waals surface area contributed by atoms with Gasteiger partial charge in [0.1, 0.15) is 0 Å². The zero-order chi connectivity index (χ0) is 10.3. The monoisotopic (exact) mass is 201 g/mol. The minimum absolute atomic E-state index is 0.854. The molecule has 0 spiro atoms. The fourth-order valence-corrected chi connectivity index (χ4v) is 1.48. The van der Waals surface area contributed by atoms with Crippen molar-refractivity contribution in [2.75, 3.05) is 6.54 Å². The van der Waals surface area contributed by atoms with E-state index in [0.29, 0.717) is 0 Å². The number of hydrogen-bond donors (Lipinski definition) is 2. The number of hydrogen-bond acceptors (Lipinski definition) is 2. The quantitative estimate of drug-likeness (QED) is 0.723. The highest BCUT2D eigenvalue weighted by atomic mass is 15.1. The van der Waals surface area contributed by atoms with Crippen LogP contribution in [0.1, 0.15) is 11.3 Å². The first kappa shape index (κ1) is 9.93.